The molecule has 4 heterocycles. The van der Waals surface area contributed by atoms with Gasteiger partial charge >= 0.3 is 0 Å². The summed E-state index contributed by atoms with van der Waals surface area (Å²) in [5.41, 5.74) is 1.80. The van der Waals surface area contributed by atoms with E-state index in [-0.39, 0.29) is 29.3 Å². The van der Waals surface area contributed by atoms with E-state index in [0.29, 0.717) is 29.2 Å². The van der Waals surface area contributed by atoms with Crippen molar-refractivity contribution in [1.29, 1.82) is 0 Å². The molecule has 1 aliphatic heterocycles. The SMILES string of the molecule is O=C1NC(CO)CNc2c1oc1ccc3nc(Oc4cc(Cl)ncn4)ccc3c21. The zero-order chi connectivity index (χ0) is 20.0. The number of nitrogens with zero attached hydrogens (tertiary/aromatic N) is 3. The molecule has 1 atom stereocenters. The van der Waals surface area contributed by atoms with Gasteiger partial charge in [-0.05, 0) is 18.2 Å². The maximum Gasteiger partial charge on any atom is 0.289 e. The van der Waals surface area contributed by atoms with Crippen molar-refractivity contribution in [3.63, 3.8) is 0 Å². The normalized spacial score (nSPS) is 16.2. The predicted octanol–water partition coefficient (Wildman–Crippen LogP) is 2.73. The molecule has 3 N–H and O–H groups in total. The van der Waals surface area contributed by atoms with E-state index in [2.05, 4.69) is 25.6 Å². The molecular weight excluding hydrogens is 398 g/mol. The van der Waals surface area contributed by atoms with Crippen LogP contribution in [0, 0.1) is 0 Å². The molecule has 0 saturated heterocycles. The summed E-state index contributed by atoms with van der Waals surface area (Å²) in [4.78, 5) is 24.8. The number of carbonyl (C=O) groups is 1. The first-order valence-corrected chi connectivity index (χ1v) is 9.17. The first kappa shape index (κ1) is 17.7. The molecule has 1 unspecified atom stereocenters. The van der Waals surface area contributed by atoms with Gasteiger partial charge in [0.15, 0.2) is 0 Å². The number of carbonyl (C=O) groups excluding carboxylic acids is 1. The second-order valence-corrected chi connectivity index (χ2v) is 6.86. The minimum Gasteiger partial charge on any atom is -0.449 e. The van der Waals surface area contributed by atoms with Crippen molar-refractivity contribution < 1.29 is 19.1 Å². The van der Waals surface area contributed by atoms with Crippen LogP contribution in [0.25, 0.3) is 21.9 Å². The summed E-state index contributed by atoms with van der Waals surface area (Å²) in [5.74, 6) is 0.428. The van der Waals surface area contributed by atoms with Crippen molar-refractivity contribution in [2.75, 3.05) is 18.5 Å². The lowest BCUT2D eigenvalue weighted by Gasteiger charge is -2.12. The van der Waals surface area contributed by atoms with E-state index in [1.54, 1.807) is 18.2 Å². The summed E-state index contributed by atoms with van der Waals surface area (Å²) in [7, 11) is 0. The van der Waals surface area contributed by atoms with Crippen molar-refractivity contribution in [2.45, 2.75) is 6.04 Å². The van der Waals surface area contributed by atoms with Gasteiger partial charge < -0.3 is 24.9 Å². The molecule has 3 aromatic heterocycles. The highest BCUT2D eigenvalue weighted by Gasteiger charge is 2.27. The average Bonchev–Trinajstić information content (AvgIpc) is 3.02. The number of rotatable bonds is 3. The molecule has 1 amide bonds. The Bertz CT molecular complexity index is 1260. The van der Waals surface area contributed by atoms with Crippen LogP contribution < -0.4 is 15.4 Å². The van der Waals surface area contributed by atoms with Gasteiger partial charge in [0.2, 0.25) is 17.5 Å². The number of ether oxygens (including phenoxy) is 1. The third-order valence-electron chi connectivity index (χ3n) is 4.60. The summed E-state index contributed by atoms with van der Waals surface area (Å²) in [6.45, 7) is 0.209. The molecule has 9 nitrogen and oxygen atoms in total. The molecule has 0 saturated carbocycles. The molecule has 0 radical (unpaired) electrons. The Kier molecular flexibility index (Phi) is 4.18. The fourth-order valence-electron chi connectivity index (χ4n) is 3.29. The molecule has 29 heavy (non-hydrogen) atoms. The molecule has 1 aliphatic rings. The van der Waals surface area contributed by atoms with Crippen molar-refractivity contribution >= 4 is 45.1 Å². The highest BCUT2D eigenvalue weighted by molar-refractivity contribution is 6.29. The summed E-state index contributed by atoms with van der Waals surface area (Å²) in [6, 6.07) is 8.18. The average molecular weight is 412 g/mol. The number of hydrogen-bond acceptors (Lipinski definition) is 8. The number of aliphatic hydroxyl groups excluding tert-OH is 1. The molecule has 4 aromatic rings. The minimum absolute atomic E-state index is 0.170. The molecule has 0 bridgehead atoms. The lowest BCUT2D eigenvalue weighted by Crippen LogP contribution is -2.39. The Hall–Kier alpha value is -3.43. The Morgan fingerprint density at radius 2 is 2.14 bits per heavy atom. The molecular formula is C19H14ClN5O4. The van der Waals surface area contributed by atoms with Gasteiger partial charge in [-0.2, -0.15) is 0 Å². The van der Waals surface area contributed by atoms with Gasteiger partial charge in [0, 0.05) is 24.1 Å². The van der Waals surface area contributed by atoms with Gasteiger partial charge in [0.1, 0.15) is 17.1 Å². The molecule has 1 aromatic carbocycles. The molecule has 0 spiro atoms. The topological polar surface area (TPSA) is 122 Å². The minimum atomic E-state index is -0.395. The number of pyridine rings is 1. The molecule has 146 valence electrons. The Labute approximate surface area is 168 Å². The van der Waals surface area contributed by atoms with Crippen LogP contribution in [-0.4, -0.2) is 45.2 Å². The van der Waals surface area contributed by atoms with Gasteiger partial charge in [-0.1, -0.05) is 11.6 Å². The van der Waals surface area contributed by atoms with Gasteiger partial charge in [0.05, 0.1) is 29.2 Å². The highest BCUT2D eigenvalue weighted by atomic mass is 35.5. The third-order valence-corrected chi connectivity index (χ3v) is 4.81. The smallest absolute Gasteiger partial charge is 0.289 e. The maximum absolute atomic E-state index is 12.5. The number of nitrogens with one attached hydrogen (secondary N) is 2. The van der Waals surface area contributed by atoms with E-state index in [1.165, 1.54) is 12.4 Å². The second kappa shape index (κ2) is 6.87. The third kappa shape index (κ3) is 3.10. The van der Waals surface area contributed by atoms with Gasteiger partial charge in [0.25, 0.3) is 5.91 Å². The van der Waals surface area contributed by atoms with Crippen molar-refractivity contribution in [2.24, 2.45) is 0 Å². The van der Waals surface area contributed by atoms with Crippen LogP contribution in [0.3, 0.4) is 0 Å². The fourth-order valence-corrected chi connectivity index (χ4v) is 3.42. The van der Waals surface area contributed by atoms with E-state index in [1.807, 2.05) is 6.07 Å². The standard InChI is InChI=1S/C19H14ClN5O4/c20-13-5-15(23-8-22-13)29-14-4-1-10-11(25-14)2-3-12-16(10)17-18(28-12)19(27)24-9(7-26)6-21-17/h1-5,8-9,21,26H,6-7H2,(H,24,27). The Balaban J connectivity index is 1.59. The quantitative estimate of drug-likeness (QED) is 0.440. The number of aliphatic hydroxyl groups is 1. The summed E-state index contributed by atoms with van der Waals surface area (Å²) in [5, 5.41) is 17.1. The van der Waals surface area contributed by atoms with Gasteiger partial charge in [-0.3, -0.25) is 4.79 Å². The Morgan fingerprint density at radius 1 is 1.24 bits per heavy atom. The van der Waals surface area contributed by atoms with Crippen LogP contribution in [0.2, 0.25) is 5.15 Å². The number of aromatic nitrogens is 3. The van der Waals surface area contributed by atoms with Gasteiger partial charge in [-0.25, -0.2) is 15.0 Å². The van der Waals surface area contributed by atoms with E-state index >= 15 is 0 Å². The van der Waals surface area contributed by atoms with Crippen molar-refractivity contribution in [3.8, 4) is 11.8 Å². The maximum atomic E-state index is 12.5. The first-order valence-electron chi connectivity index (χ1n) is 8.79. The number of benzene rings is 1. The molecule has 10 heteroatoms. The van der Waals surface area contributed by atoms with E-state index in [0.717, 1.165) is 10.8 Å². The van der Waals surface area contributed by atoms with E-state index < -0.39 is 6.04 Å². The number of halogens is 1. The lowest BCUT2D eigenvalue weighted by atomic mass is 10.1. The van der Waals surface area contributed by atoms with Crippen molar-refractivity contribution in [1.82, 2.24) is 20.3 Å². The lowest BCUT2D eigenvalue weighted by molar-refractivity contribution is 0.0900. The van der Waals surface area contributed by atoms with Gasteiger partial charge in [-0.15, -0.1) is 0 Å². The summed E-state index contributed by atoms with van der Waals surface area (Å²) < 4.78 is 11.4. The van der Waals surface area contributed by atoms with E-state index in [9.17, 15) is 9.90 Å². The Morgan fingerprint density at radius 3 is 2.97 bits per heavy atom. The second-order valence-electron chi connectivity index (χ2n) is 6.48. The fraction of sp³-hybridized carbons (Fsp3) is 0.158. The predicted molar refractivity (Wildman–Crippen MR) is 105 cm³/mol. The summed E-state index contributed by atoms with van der Waals surface area (Å²) in [6.07, 6.45) is 1.30. The molecule has 0 fully saturated rings. The van der Waals surface area contributed by atoms with Crippen LogP contribution >= 0.6 is 11.6 Å². The molecule has 0 aliphatic carbocycles. The monoisotopic (exact) mass is 411 g/mol. The largest absolute Gasteiger partial charge is 0.449 e. The number of fused-ring (bicyclic) bond motifs is 5. The zero-order valence-electron chi connectivity index (χ0n) is 14.8. The molecule has 5 rings (SSSR count). The number of hydrogen-bond donors (Lipinski definition) is 3. The number of amides is 1. The van der Waals surface area contributed by atoms with E-state index in [4.69, 9.17) is 20.8 Å². The zero-order valence-corrected chi connectivity index (χ0v) is 15.6. The first-order chi connectivity index (χ1) is 14.1. The number of furan rings is 1. The summed E-state index contributed by atoms with van der Waals surface area (Å²) >= 11 is 5.86. The number of anilines is 1. The van der Waals surface area contributed by atoms with Crippen LogP contribution in [-0.2, 0) is 0 Å². The van der Waals surface area contributed by atoms with Crippen LogP contribution in [0.15, 0.2) is 41.1 Å². The van der Waals surface area contributed by atoms with Crippen LogP contribution in [0.5, 0.6) is 11.8 Å². The highest BCUT2D eigenvalue weighted by Crippen LogP contribution is 2.37. The van der Waals surface area contributed by atoms with Crippen LogP contribution in [0.1, 0.15) is 10.6 Å². The van der Waals surface area contributed by atoms with Crippen LogP contribution in [0.4, 0.5) is 5.69 Å². The van der Waals surface area contributed by atoms with Crippen molar-refractivity contribution in [3.05, 3.63) is 47.6 Å².